The predicted molar refractivity (Wildman–Crippen MR) is 171 cm³/mol. The van der Waals surface area contributed by atoms with Gasteiger partial charge in [-0.1, -0.05) is 93.3 Å². The van der Waals surface area contributed by atoms with Crippen molar-refractivity contribution in [3.8, 4) is 11.1 Å². The van der Waals surface area contributed by atoms with Crippen molar-refractivity contribution in [1.29, 1.82) is 0 Å². The van der Waals surface area contributed by atoms with Crippen molar-refractivity contribution in [1.82, 2.24) is 20.2 Å². The highest BCUT2D eigenvalue weighted by molar-refractivity contribution is 6.61. The number of hydrogen-bond donors (Lipinski definition) is 2. The van der Waals surface area contributed by atoms with Crippen LogP contribution in [0.2, 0.25) is 25.2 Å². The highest BCUT2D eigenvalue weighted by Crippen LogP contribution is 2.34. The summed E-state index contributed by atoms with van der Waals surface area (Å²) in [6.45, 7) is 3.74. The number of benzene rings is 2. The Morgan fingerprint density at radius 2 is 1.37 bits per heavy atom. The van der Waals surface area contributed by atoms with Crippen LogP contribution in [0, 0.1) is 0 Å². The lowest BCUT2D eigenvalue weighted by molar-refractivity contribution is -0.133. The van der Waals surface area contributed by atoms with E-state index in [0.717, 1.165) is 32.5 Å². The second-order valence-electron chi connectivity index (χ2n) is 8.86. The van der Waals surface area contributed by atoms with Gasteiger partial charge in [-0.3, -0.25) is 20.3 Å². The first-order chi connectivity index (χ1) is 19.6. The van der Waals surface area contributed by atoms with E-state index in [2.05, 4.69) is 15.6 Å². The van der Waals surface area contributed by atoms with Gasteiger partial charge in [-0.05, 0) is 49.9 Å². The number of nitrogens with zero attached hydrogens (tertiary/aromatic N) is 2. The number of aromatic nitrogens is 2. The smallest absolute Gasteiger partial charge is 0.340 e. The summed E-state index contributed by atoms with van der Waals surface area (Å²) in [7, 11) is 1.23. The zero-order valence-corrected chi connectivity index (χ0v) is 27.2. The van der Waals surface area contributed by atoms with Gasteiger partial charge in [-0.2, -0.15) is 0 Å². The quantitative estimate of drug-likeness (QED) is 0.212. The molecule has 5 rings (SSSR count). The molecule has 0 saturated carbocycles. The van der Waals surface area contributed by atoms with Gasteiger partial charge in [0.25, 0.3) is 5.56 Å². The van der Waals surface area contributed by atoms with Crippen LogP contribution in [0.1, 0.15) is 31.2 Å². The minimum absolute atomic E-state index is 0.00694. The molecule has 1 saturated heterocycles. The topological polar surface area (TPSA) is 77.3 Å². The number of halogens is 7. The van der Waals surface area contributed by atoms with Gasteiger partial charge in [-0.25, -0.2) is 9.48 Å². The summed E-state index contributed by atoms with van der Waals surface area (Å²) >= 11 is 41.3. The van der Waals surface area contributed by atoms with Crippen LogP contribution in [0.3, 0.4) is 0 Å². The first-order valence-electron chi connectivity index (χ1n) is 12.6. The normalized spacial score (nSPS) is 14.0. The Morgan fingerprint density at radius 1 is 0.805 bits per heavy atom. The summed E-state index contributed by atoms with van der Waals surface area (Å²) in [5, 5.41) is 2.15. The number of methoxy groups -OCH3 is 1. The molecule has 1 aromatic heterocycles. The molecule has 0 aliphatic carbocycles. The van der Waals surface area contributed by atoms with E-state index in [1.165, 1.54) is 26.0 Å². The van der Waals surface area contributed by atoms with Crippen molar-refractivity contribution < 1.29 is 9.53 Å². The molecule has 0 unspecified atom stereocenters. The number of hydrazine groups is 1. The van der Waals surface area contributed by atoms with Crippen LogP contribution in [0.5, 0.6) is 0 Å². The highest BCUT2D eigenvalue weighted by atomic mass is 35.5. The number of fused-ring (bicyclic) bond motifs is 1. The summed E-state index contributed by atoms with van der Waals surface area (Å²) < 4.78 is 7.86. The molecule has 41 heavy (non-hydrogen) atoms. The van der Waals surface area contributed by atoms with E-state index >= 15 is 0 Å². The number of esters is 1. The van der Waals surface area contributed by atoms with Crippen LogP contribution in [-0.2, 0) is 22.6 Å². The maximum atomic E-state index is 12.4. The Bertz CT molecular complexity index is 1450. The molecule has 2 aliphatic heterocycles. The minimum atomic E-state index is -0.663. The molecule has 3 heterocycles. The summed E-state index contributed by atoms with van der Waals surface area (Å²) in [5.74, 6) is -0.663. The molecule has 3 aromatic rings. The molecule has 14 heteroatoms. The SMILES string of the molecule is C1CCNNC1.COC(=O)C(=C(Cl)Cl)c1ccc(Cl)cc1Cl.O=c1c(-c2ccc(Cl)cc2Cl)c(Cl)n2n1CCCC2. The van der Waals surface area contributed by atoms with Crippen molar-refractivity contribution in [2.45, 2.75) is 38.8 Å². The van der Waals surface area contributed by atoms with Gasteiger partial charge in [0.2, 0.25) is 0 Å². The summed E-state index contributed by atoms with van der Waals surface area (Å²) in [6.07, 6.45) is 4.68. The number of hydrogen-bond acceptors (Lipinski definition) is 5. The average molecular weight is 704 g/mol. The van der Waals surface area contributed by atoms with Crippen molar-refractivity contribution in [3.05, 3.63) is 82.1 Å². The molecule has 0 atom stereocenters. The van der Waals surface area contributed by atoms with Gasteiger partial charge in [-0.15, -0.1) is 0 Å². The molecule has 0 amide bonds. The number of nitrogens with one attached hydrogen (secondary N) is 2. The minimum Gasteiger partial charge on any atom is -0.465 e. The van der Waals surface area contributed by atoms with E-state index in [0.29, 0.717) is 43.5 Å². The third-order valence-electron chi connectivity index (χ3n) is 6.12. The first-order valence-corrected chi connectivity index (χ1v) is 15.2. The fraction of sp³-hybridized carbons (Fsp3) is 0.333. The van der Waals surface area contributed by atoms with E-state index in [1.807, 2.05) is 4.68 Å². The Morgan fingerprint density at radius 3 is 1.83 bits per heavy atom. The van der Waals surface area contributed by atoms with Gasteiger partial charge < -0.3 is 4.74 Å². The molecule has 2 aromatic carbocycles. The van der Waals surface area contributed by atoms with E-state index in [9.17, 15) is 9.59 Å². The molecule has 7 nitrogen and oxygen atoms in total. The van der Waals surface area contributed by atoms with Gasteiger partial charge in [0, 0.05) is 47.4 Å². The van der Waals surface area contributed by atoms with Gasteiger partial charge in [0.1, 0.15) is 9.64 Å². The molecule has 0 spiro atoms. The molecular formula is C27H27Cl7N4O3. The monoisotopic (exact) mass is 700 g/mol. The summed E-state index contributed by atoms with van der Waals surface area (Å²) in [4.78, 5) is 23.9. The van der Waals surface area contributed by atoms with Gasteiger partial charge >= 0.3 is 5.97 Å². The molecular weight excluding hydrogens is 676 g/mol. The Hall–Kier alpha value is -1.39. The predicted octanol–water partition coefficient (Wildman–Crippen LogP) is 8.26. The maximum absolute atomic E-state index is 12.4. The molecule has 0 bridgehead atoms. The van der Waals surface area contributed by atoms with E-state index < -0.39 is 5.97 Å². The number of carbonyl (C=O) groups is 1. The molecule has 222 valence electrons. The third kappa shape index (κ3) is 9.05. The standard InChI is InChI=1S/C13H11Cl3N2O.C10H6Cl4O2.C4H10N2/c14-8-3-4-9(10(15)7-8)11-12(16)17-5-1-2-6-18(17)13(11)19;1-16-10(15)8(9(13)14)6-3-2-5(11)4-7(6)12;1-2-4-6-5-3-1/h3-4,7H,1-2,5-6H2;2-4H,1H3;5-6H,1-4H2. The van der Waals surface area contributed by atoms with E-state index in [4.69, 9.17) is 81.2 Å². The van der Waals surface area contributed by atoms with Crippen molar-refractivity contribution >= 4 is 92.7 Å². The van der Waals surface area contributed by atoms with E-state index in [1.54, 1.807) is 35.0 Å². The zero-order chi connectivity index (χ0) is 30.1. The largest absolute Gasteiger partial charge is 0.465 e. The second-order valence-corrected chi connectivity index (χ2v) is 11.9. The Kier molecular flexibility index (Phi) is 13.7. The van der Waals surface area contributed by atoms with Crippen molar-refractivity contribution in [3.63, 3.8) is 0 Å². The number of ether oxygens (including phenoxy) is 1. The van der Waals surface area contributed by atoms with Crippen LogP contribution < -0.4 is 16.4 Å². The second kappa shape index (κ2) is 16.5. The third-order valence-corrected chi connectivity index (χ3v) is 7.98. The zero-order valence-electron chi connectivity index (χ0n) is 21.9. The fourth-order valence-electron chi connectivity index (χ4n) is 4.13. The lowest BCUT2D eigenvalue weighted by Crippen LogP contribution is -2.37. The van der Waals surface area contributed by atoms with E-state index in [-0.39, 0.29) is 20.6 Å². The van der Waals surface area contributed by atoms with Crippen LogP contribution in [0.4, 0.5) is 0 Å². The van der Waals surface area contributed by atoms with Crippen LogP contribution >= 0.6 is 81.2 Å². The number of carbonyl (C=O) groups excluding carboxylic acids is 1. The summed E-state index contributed by atoms with van der Waals surface area (Å²) in [6, 6.07) is 9.66. The van der Waals surface area contributed by atoms with Gasteiger partial charge in [0.15, 0.2) is 0 Å². The number of rotatable bonds is 3. The lowest BCUT2D eigenvalue weighted by Gasteiger charge is -2.17. The first kappa shape index (κ1) is 34.1. The summed E-state index contributed by atoms with van der Waals surface area (Å²) in [5.41, 5.74) is 7.46. The van der Waals surface area contributed by atoms with Crippen molar-refractivity contribution in [2.24, 2.45) is 0 Å². The molecule has 0 radical (unpaired) electrons. The Labute approximate surface area is 273 Å². The van der Waals surface area contributed by atoms with Crippen molar-refractivity contribution in [2.75, 3.05) is 20.2 Å². The van der Waals surface area contributed by atoms with Crippen LogP contribution in [0.25, 0.3) is 16.7 Å². The maximum Gasteiger partial charge on any atom is 0.340 e. The fourth-order valence-corrected chi connectivity index (χ4v) is 5.85. The Balaban J connectivity index is 0.000000190. The lowest BCUT2D eigenvalue weighted by atomic mass is 10.1. The van der Waals surface area contributed by atoms with Gasteiger partial charge in [0.05, 0.1) is 28.3 Å². The highest BCUT2D eigenvalue weighted by Gasteiger charge is 2.23. The van der Waals surface area contributed by atoms with Crippen LogP contribution in [0.15, 0.2) is 45.7 Å². The average Bonchev–Trinajstić information content (AvgIpc) is 3.21. The molecule has 1 fully saturated rings. The molecule has 2 N–H and O–H groups in total. The van der Waals surface area contributed by atoms with Crippen LogP contribution in [-0.4, -0.2) is 35.5 Å². The molecule has 2 aliphatic rings.